The third kappa shape index (κ3) is 4.39. The number of hydrogen-bond donors (Lipinski definition) is 1. The maximum Gasteiger partial charge on any atom is 0.246 e. The Bertz CT molecular complexity index is 2070. The molecule has 7 nitrogen and oxygen atoms in total. The predicted octanol–water partition coefficient (Wildman–Crippen LogP) is 7.83. The molecule has 4 aliphatic rings. The van der Waals surface area contributed by atoms with Crippen LogP contribution in [-0.2, 0) is 24.6 Å². The van der Waals surface area contributed by atoms with Crippen molar-refractivity contribution in [3.05, 3.63) is 134 Å². The van der Waals surface area contributed by atoms with Crippen LogP contribution in [0.2, 0.25) is 10.0 Å². The Balaban J connectivity index is 1.36. The first-order valence-electron chi connectivity index (χ1n) is 15.6. The number of amides is 4. The molecule has 2 aliphatic carbocycles. The van der Waals surface area contributed by atoms with Gasteiger partial charge in [-0.2, -0.15) is 0 Å². The number of carbonyl (C=O) groups excluding carboxylic acids is 4. The second-order valence-electron chi connectivity index (χ2n) is 12.8. The molecule has 10 heteroatoms. The molecule has 2 aliphatic heterocycles. The Kier molecular flexibility index (Phi) is 7.40. The smallest absolute Gasteiger partial charge is 0.246 e. The highest BCUT2D eigenvalue weighted by Gasteiger charge is 2.70. The van der Waals surface area contributed by atoms with Gasteiger partial charge in [-0.1, -0.05) is 87.2 Å². The molecular formula is C38H27BrCl2N2O5. The molecule has 48 heavy (non-hydrogen) atoms. The van der Waals surface area contributed by atoms with Crippen molar-refractivity contribution in [1.82, 2.24) is 0 Å². The fraction of sp³-hybridized carbons (Fsp3) is 0.211. The maximum atomic E-state index is 15.2. The summed E-state index contributed by atoms with van der Waals surface area (Å²) in [5.41, 5.74) is 1.14. The quantitative estimate of drug-likeness (QED) is 0.170. The molecule has 0 radical (unpaired) electrons. The Hall–Kier alpha value is -4.24. The van der Waals surface area contributed by atoms with Gasteiger partial charge in [-0.15, -0.1) is 0 Å². The molecule has 0 spiro atoms. The summed E-state index contributed by atoms with van der Waals surface area (Å²) in [6.07, 6.45) is 2.39. The second kappa shape index (κ2) is 11.4. The van der Waals surface area contributed by atoms with Crippen LogP contribution in [0.5, 0.6) is 5.75 Å². The first-order valence-corrected chi connectivity index (χ1v) is 17.2. The first-order chi connectivity index (χ1) is 23.1. The first kappa shape index (κ1) is 31.1. The lowest BCUT2D eigenvalue weighted by atomic mass is 9.49. The number of imide groups is 2. The van der Waals surface area contributed by atoms with Gasteiger partial charge >= 0.3 is 0 Å². The van der Waals surface area contributed by atoms with Crippen LogP contribution in [0, 0.1) is 23.7 Å². The number of nitrogens with zero attached hydrogens (tertiary/aromatic N) is 2. The minimum atomic E-state index is -1.48. The third-order valence-corrected chi connectivity index (χ3v) is 11.5. The normalized spacial score (nSPS) is 27.9. The summed E-state index contributed by atoms with van der Waals surface area (Å²) < 4.78 is 0.677. The number of phenolic OH excluding ortho intramolecular Hbond substituents is 1. The van der Waals surface area contributed by atoms with Gasteiger partial charge < -0.3 is 5.11 Å². The monoisotopic (exact) mass is 740 g/mol. The van der Waals surface area contributed by atoms with Crippen LogP contribution in [0.4, 0.5) is 11.4 Å². The lowest BCUT2D eigenvalue weighted by Gasteiger charge is -2.50. The topological polar surface area (TPSA) is 95.0 Å². The molecule has 0 bridgehead atoms. The van der Waals surface area contributed by atoms with Crippen molar-refractivity contribution in [2.75, 3.05) is 9.80 Å². The molecule has 240 valence electrons. The van der Waals surface area contributed by atoms with E-state index in [2.05, 4.69) is 15.9 Å². The molecule has 1 N–H and O–H groups in total. The summed E-state index contributed by atoms with van der Waals surface area (Å²) >= 11 is 16.0. The van der Waals surface area contributed by atoms with E-state index in [0.717, 1.165) is 5.57 Å². The summed E-state index contributed by atoms with van der Waals surface area (Å²) in [6.45, 7) is 0. The standard InChI is InChI=1S/C38H27BrCl2N2O5/c39-21-9-16-31(44)29(17-21)33-26-14-15-27-32(36(47)42(34(27)45)24-12-10-22(40)11-13-24)28(26)19-30-35(46)43(25-8-4-7-23(41)18-25)37(48)38(30,33)20-5-2-1-3-6-20/h1-14,16-18,27-28,30,32-33,44H,15,19H2/t27-,28+,30-,32-,33+,38+/m0/s1. The Morgan fingerprint density at radius 1 is 0.729 bits per heavy atom. The fourth-order valence-electron chi connectivity index (χ4n) is 8.69. The summed E-state index contributed by atoms with van der Waals surface area (Å²) in [5, 5.41) is 12.4. The number of allylic oxidation sites excluding steroid dienone is 2. The molecule has 3 fully saturated rings. The van der Waals surface area contributed by atoms with Gasteiger partial charge in [-0.25, -0.2) is 4.90 Å². The average molecular weight is 742 g/mol. The molecule has 0 aromatic heterocycles. The molecule has 8 rings (SSSR count). The number of halogens is 3. The van der Waals surface area contributed by atoms with Gasteiger partial charge in [0, 0.05) is 26.0 Å². The van der Waals surface area contributed by atoms with E-state index < -0.39 is 46.8 Å². The minimum absolute atomic E-state index is 0.0426. The molecule has 6 atom stereocenters. The maximum absolute atomic E-state index is 15.2. The van der Waals surface area contributed by atoms with Gasteiger partial charge in [0.2, 0.25) is 23.6 Å². The highest BCUT2D eigenvalue weighted by Crippen LogP contribution is 2.65. The summed E-state index contributed by atoms with van der Waals surface area (Å²) in [6, 6.07) is 27.4. The van der Waals surface area contributed by atoms with Gasteiger partial charge in [0.05, 0.1) is 34.5 Å². The Labute approximate surface area is 294 Å². The third-order valence-electron chi connectivity index (χ3n) is 10.6. The van der Waals surface area contributed by atoms with E-state index in [1.54, 1.807) is 66.7 Å². The van der Waals surface area contributed by atoms with Crippen LogP contribution in [0.1, 0.15) is 29.9 Å². The Morgan fingerprint density at radius 3 is 2.21 bits per heavy atom. The van der Waals surface area contributed by atoms with Crippen molar-refractivity contribution >= 4 is 74.1 Å². The van der Waals surface area contributed by atoms with Crippen LogP contribution < -0.4 is 9.80 Å². The van der Waals surface area contributed by atoms with Gasteiger partial charge in [0.25, 0.3) is 0 Å². The van der Waals surface area contributed by atoms with Crippen LogP contribution in [0.25, 0.3) is 0 Å². The summed E-state index contributed by atoms with van der Waals surface area (Å²) in [5.74, 6) is -5.28. The second-order valence-corrected chi connectivity index (χ2v) is 14.6. The number of benzene rings is 4. The van der Waals surface area contributed by atoms with E-state index in [-0.39, 0.29) is 30.4 Å². The zero-order valence-corrected chi connectivity index (χ0v) is 28.3. The largest absolute Gasteiger partial charge is 0.508 e. The van der Waals surface area contributed by atoms with Crippen LogP contribution >= 0.6 is 39.1 Å². The predicted molar refractivity (Wildman–Crippen MR) is 186 cm³/mol. The van der Waals surface area contributed by atoms with Crippen molar-refractivity contribution in [3.63, 3.8) is 0 Å². The molecule has 4 aromatic carbocycles. The summed E-state index contributed by atoms with van der Waals surface area (Å²) in [4.78, 5) is 60.8. The average Bonchev–Trinajstić information content (AvgIpc) is 3.47. The van der Waals surface area contributed by atoms with Gasteiger partial charge in [0.1, 0.15) is 5.75 Å². The lowest BCUT2D eigenvalue weighted by Crippen LogP contribution is -2.53. The van der Waals surface area contributed by atoms with Gasteiger partial charge in [-0.05, 0) is 85.0 Å². The van der Waals surface area contributed by atoms with E-state index in [1.807, 2.05) is 36.4 Å². The van der Waals surface area contributed by atoms with Crippen molar-refractivity contribution in [3.8, 4) is 5.75 Å². The molecular weight excluding hydrogens is 715 g/mol. The van der Waals surface area contributed by atoms with E-state index in [9.17, 15) is 19.5 Å². The fourth-order valence-corrected chi connectivity index (χ4v) is 9.38. The number of anilines is 2. The molecule has 2 saturated heterocycles. The number of carbonyl (C=O) groups is 4. The lowest BCUT2D eigenvalue weighted by molar-refractivity contribution is -0.127. The number of aromatic hydroxyl groups is 1. The molecule has 1 saturated carbocycles. The highest BCUT2D eigenvalue weighted by atomic mass is 79.9. The zero-order valence-electron chi connectivity index (χ0n) is 25.2. The van der Waals surface area contributed by atoms with E-state index in [4.69, 9.17) is 23.2 Å². The van der Waals surface area contributed by atoms with Crippen molar-refractivity contribution in [2.45, 2.75) is 24.2 Å². The van der Waals surface area contributed by atoms with Crippen LogP contribution in [0.15, 0.2) is 113 Å². The molecule has 4 aromatic rings. The van der Waals surface area contributed by atoms with Crippen LogP contribution in [0.3, 0.4) is 0 Å². The molecule has 4 amide bonds. The number of phenols is 1. The number of hydrogen-bond acceptors (Lipinski definition) is 5. The molecule has 0 unspecified atom stereocenters. The Morgan fingerprint density at radius 2 is 1.48 bits per heavy atom. The number of rotatable bonds is 4. The van der Waals surface area contributed by atoms with E-state index >= 15 is 4.79 Å². The zero-order chi connectivity index (χ0) is 33.5. The van der Waals surface area contributed by atoms with Crippen molar-refractivity contribution in [2.24, 2.45) is 23.7 Å². The van der Waals surface area contributed by atoms with Gasteiger partial charge in [-0.3, -0.25) is 24.1 Å². The van der Waals surface area contributed by atoms with Crippen LogP contribution in [-0.4, -0.2) is 28.7 Å². The highest BCUT2D eigenvalue weighted by molar-refractivity contribution is 9.10. The van der Waals surface area contributed by atoms with Crippen molar-refractivity contribution in [1.29, 1.82) is 0 Å². The summed E-state index contributed by atoms with van der Waals surface area (Å²) in [7, 11) is 0. The SMILES string of the molecule is O=C1[C@H]2[C@H](CC=C3[C@H]2C[C@H]2C(=O)N(c4cccc(Cl)c4)C(=O)[C@@]2(c2ccccc2)[C@H]3c2cc(Br)ccc2O)C(=O)N1c1ccc(Cl)cc1. The molecule has 2 heterocycles. The van der Waals surface area contributed by atoms with E-state index in [0.29, 0.717) is 37.0 Å². The number of fused-ring (bicyclic) bond motifs is 4. The van der Waals surface area contributed by atoms with E-state index in [1.165, 1.54) is 9.80 Å². The van der Waals surface area contributed by atoms with Gasteiger partial charge in [0.15, 0.2) is 0 Å². The minimum Gasteiger partial charge on any atom is -0.508 e. The van der Waals surface area contributed by atoms with Crippen molar-refractivity contribution < 1.29 is 24.3 Å².